The second-order valence-corrected chi connectivity index (χ2v) is 7.67. The third-order valence-electron chi connectivity index (χ3n) is 6.10. The second kappa shape index (κ2) is 5.88. The number of amides is 4. The van der Waals surface area contributed by atoms with Gasteiger partial charge in [-0.25, -0.2) is 0 Å². The van der Waals surface area contributed by atoms with E-state index >= 15 is 0 Å². The van der Waals surface area contributed by atoms with E-state index in [1.165, 1.54) is 0 Å². The van der Waals surface area contributed by atoms with Gasteiger partial charge >= 0.3 is 0 Å². The summed E-state index contributed by atoms with van der Waals surface area (Å²) in [5, 5.41) is 5.72. The summed E-state index contributed by atoms with van der Waals surface area (Å²) < 4.78 is 0. The molecule has 6 rings (SSSR count). The normalized spacial score (nSPS) is 30.0. The number of hydrogen-bond donors (Lipinski definition) is 2. The maximum absolute atomic E-state index is 12.9. The van der Waals surface area contributed by atoms with Crippen molar-refractivity contribution in [1.82, 2.24) is 15.5 Å². The van der Waals surface area contributed by atoms with E-state index in [1.54, 1.807) is 12.1 Å². The molecule has 3 unspecified atom stereocenters. The van der Waals surface area contributed by atoms with Crippen molar-refractivity contribution in [2.24, 2.45) is 0 Å². The topological polar surface area (TPSA) is 98.8 Å². The monoisotopic (exact) mass is 368 g/mol. The summed E-state index contributed by atoms with van der Waals surface area (Å²) in [5.74, 6) is -1.87. The number of rotatable bonds is 2. The molecule has 140 valence electrons. The lowest BCUT2D eigenvalue weighted by Crippen LogP contribution is -2.61. The molecule has 4 amide bonds. The van der Waals surface area contributed by atoms with E-state index in [9.17, 15) is 19.2 Å². The Balaban J connectivity index is 1.45. The third kappa shape index (κ3) is 2.47. The molecule has 0 aromatic heterocycles. The van der Waals surface area contributed by atoms with E-state index in [0.717, 1.165) is 36.5 Å². The largest absolute Gasteiger partial charge is 0.366 e. The summed E-state index contributed by atoms with van der Waals surface area (Å²) in [6, 6.07) is 5.29. The number of fused-ring (bicyclic) bond motifs is 4. The van der Waals surface area contributed by atoms with E-state index in [2.05, 4.69) is 15.5 Å². The number of piperazine rings is 1. The maximum atomic E-state index is 12.9. The molecule has 3 atom stereocenters. The number of imide groups is 2. The molecule has 1 aromatic carbocycles. The Bertz CT molecular complexity index is 874. The van der Waals surface area contributed by atoms with Crippen LogP contribution >= 0.6 is 0 Å². The van der Waals surface area contributed by atoms with Gasteiger partial charge in [-0.1, -0.05) is 0 Å². The molecular weight excluding hydrogens is 348 g/mol. The lowest BCUT2D eigenvalue weighted by molar-refractivity contribution is -0.136. The van der Waals surface area contributed by atoms with Crippen molar-refractivity contribution >= 4 is 29.3 Å². The smallest absolute Gasteiger partial charge is 0.262 e. The molecular formula is C19H20N4O4. The van der Waals surface area contributed by atoms with Crippen molar-refractivity contribution in [3.05, 3.63) is 29.3 Å². The molecule has 0 aliphatic carbocycles. The molecule has 5 aliphatic rings. The van der Waals surface area contributed by atoms with E-state index in [-0.39, 0.29) is 18.7 Å². The zero-order chi connectivity index (χ0) is 18.7. The van der Waals surface area contributed by atoms with Gasteiger partial charge in [-0.05, 0) is 37.5 Å². The van der Waals surface area contributed by atoms with Gasteiger partial charge in [0.2, 0.25) is 11.8 Å². The Labute approximate surface area is 155 Å². The highest BCUT2D eigenvalue weighted by Crippen LogP contribution is 2.33. The Kier molecular flexibility index (Phi) is 3.58. The summed E-state index contributed by atoms with van der Waals surface area (Å²) in [6.45, 7) is 1.82. The predicted octanol–water partition coefficient (Wildman–Crippen LogP) is 0.0284. The number of carbonyl (C=O) groups is 4. The van der Waals surface area contributed by atoms with Crippen LogP contribution in [0.5, 0.6) is 0 Å². The molecule has 5 aliphatic heterocycles. The van der Waals surface area contributed by atoms with Gasteiger partial charge < -0.3 is 10.2 Å². The van der Waals surface area contributed by atoms with Crippen LogP contribution in [-0.2, 0) is 9.59 Å². The van der Waals surface area contributed by atoms with Crippen molar-refractivity contribution in [1.29, 1.82) is 0 Å². The first-order valence-corrected chi connectivity index (χ1v) is 9.38. The highest BCUT2D eigenvalue weighted by molar-refractivity contribution is 6.23. The first kappa shape index (κ1) is 16.4. The average molecular weight is 368 g/mol. The molecule has 2 N–H and O–H groups in total. The third-order valence-corrected chi connectivity index (χ3v) is 6.10. The van der Waals surface area contributed by atoms with Crippen molar-refractivity contribution in [3.63, 3.8) is 0 Å². The summed E-state index contributed by atoms with van der Waals surface area (Å²) in [7, 11) is 0. The molecule has 2 bridgehead atoms. The van der Waals surface area contributed by atoms with Crippen LogP contribution in [0.2, 0.25) is 0 Å². The second-order valence-electron chi connectivity index (χ2n) is 7.67. The fraction of sp³-hybridized carbons (Fsp3) is 0.474. The zero-order valence-electron chi connectivity index (χ0n) is 14.7. The number of nitrogens with zero attached hydrogens (tertiary/aromatic N) is 2. The molecule has 5 heterocycles. The van der Waals surface area contributed by atoms with Gasteiger partial charge in [0.1, 0.15) is 6.04 Å². The van der Waals surface area contributed by atoms with Gasteiger partial charge in [0.05, 0.1) is 11.1 Å². The van der Waals surface area contributed by atoms with Gasteiger partial charge in [-0.2, -0.15) is 0 Å². The first-order chi connectivity index (χ1) is 13.0. The van der Waals surface area contributed by atoms with Crippen LogP contribution in [0.15, 0.2) is 18.2 Å². The first-order valence-electron chi connectivity index (χ1n) is 9.38. The van der Waals surface area contributed by atoms with Gasteiger partial charge in [0.15, 0.2) is 0 Å². The van der Waals surface area contributed by atoms with E-state index < -0.39 is 23.8 Å². The molecule has 1 aromatic rings. The lowest BCUT2D eigenvalue weighted by atomic mass is 9.92. The van der Waals surface area contributed by atoms with Crippen molar-refractivity contribution < 1.29 is 19.2 Å². The number of carbonyl (C=O) groups excluding carboxylic acids is 4. The Morgan fingerprint density at radius 2 is 1.78 bits per heavy atom. The lowest BCUT2D eigenvalue weighted by Gasteiger charge is -2.47. The summed E-state index contributed by atoms with van der Waals surface area (Å²) in [4.78, 5) is 52.5. The van der Waals surface area contributed by atoms with E-state index in [0.29, 0.717) is 23.2 Å². The number of anilines is 1. The predicted molar refractivity (Wildman–Crippen MR) is 95.3 cm³/mol. The van der Waals surface area contributed by atoms with Gasteiger partial charge in [0, 0.05) is 37.3 Å². The Morgan fingerprint density at radius 1 is 0.963 bits per heavy atom. The minimum Gasteiger partial charge on any atom is -0.366 e. The van der Waals surface area contributed by atoms with Gasteiger partial charge in [-0.15, -0.1) is 0 Å². The number of piperidine rings is 3. The van der Waals surface area contributed by atoms with Crippen LogP contribution < -0.4 is 15.5 Å². The van der Waals surface area contributed by atoms with Crippen LogP contribution in [0.3, 0.4) is 0 Å². The number of nitrogens with one attached hydrogen (secondary N) is 2. The van der Waals surface area contributed by atoms with Crippen LogP contribution in [0.1, 0.15) is 46.4 Å². The van der Waals surface area contributed by atoms with Crippen LogP contribution in [-0.4, -0.2) is 59.7 Å². The fourth-order valence-electron chi connectivity index (χ4n) is 4.66. The quantitative estimate of drug-likeness (QED) is 0.715. The summed E-state index contributed by atoms with van der Waals surface area (Å²) >= 11 is 0. The molecule has 4 fully saturated rings. The van der Waals surface area contributed by atoms with Gasteiger partial charge in [0.25, 0.3) is 11.8 Å². The number of hydrogen-bond acceptors (Lipinski definition) is 6. The van der Waals surface area contributed by atoms with E-state index in [1.807, 2.05) is 6.07 Å². The molecule has 0 saturated carbocycles. The summed E-state index contributed by atoms with van der Waals surface area (Å²) in [6.07, 6.45) is 2.57. The highest BCUT2D eigenvalue weighted by Gasteiger charge is 2.45. The molecule has 8 nitrogen and oxygen atoms in total. The standard InChI is InChI=1S/C19H20N4O4/c24-16-6-5-15(17(25)21-16)23-18(26)13-4-3-11(7-14(13)19(23)27)22-9-10-1-2-12(22)8-20-10/h3-4,7,10,12,15,20H,1-2,5-6,8-9H2,(H,21,24,25). The molecule has 8 heteroatoms. The van der Waals surface area contributed by atoms with Crippen LogP contribution in [0.4, 0.5) is 5.69 Å². The van der Waals surface area contributed by atoms with Crippen molar-refractivity contribution in [2.75, 3.05) is 18.0 Å². The van der Waals surface area contributed by atoms with Crippen molar-refractivity contribution in [3.8, 4) is 0 Å². The maximum Gasteiger partial charge on any atom is 0.262 e. The van der Waals surface area contributed by atoms with E-state index in [4.69, 9.17) is 0 Å². The zero-order valence-corrected chi connectivity index (χ0v) is 14.7. The Hall–Kier alpha value is -2.74. The molecule has 0 radical (unpaired) electrons. The fourth-order valence-corrected chi connectivity index (χ4v) is 4.66. The molecule has 27 heavy (non-hydrogen) atoms. The average Bonchev–Trinajstić information content (AvgIpc) is 2.93. The highest BCUT2D eigenvalue weighted by atomic mass is 16.2. The van der Waals surface area contributed by atoms with Crippen LogP contribution in [0, 0.1) is 0 Å². The Morgan fingerprint density at radius 3 is 2.44 bits per heavy atom. The van der Waals surface area contributed by atoms with Gasteiger partial charge in [-0.3, -0.25) is 29.4 Å². The minimum absolute atomic E-state index is 0.124. The molecule has 0 spiro atoms. The van der Waals surface area contributed by atoms with Crippen molar-refractivity contribution in [2.45, 2.75) is 43.8 Å². The number of benzene rings is 1. The van der Waals surface area contributed by atoms with Crippen LogP contribution in [0.25, 0.3) is 0 Å². The minimum atomic E-state index is -0.922. The SMILES string of the molecule is O=C1CCC(N2C(=O)c3ccc(N4CC5CCC4CN5)cc3C2=O)C(=O)N1. The molecule has 4 saturated heterocycles. The summed E-state index contributed by atoms with van der Waals surface area (Å²) in [5.41, 5.74) is 1.61.